The van der Waals surface area contributed by atoms with Crippen LogP contribution in [0.15, 0.2) is 35.1 Å². The van der Waals surface area contributed by atoms with Crippen LogP contribution < -0.4 is 5.56 Å². The average Bonchev–Trinajstić information content (AvgIpc) is 2.67. The van der Waals surface area contributed by atoms with Crippen LogP contribution in [0.4, 0.5) is 0 Å². The van der Waals surface area contributed by atoms with E-state index in [9.17, 15) is 15.2 Å². The molecular formula is C21H25N3O2. The van der Waals surface area contributed by atoms with Gasteiger partial charge in [0.15, 0.2) is 5.88 Å². The molecular weight excluding hydrogens is 326 g/mol. The molecule has 1 aliphatic rings. The van der Waals surface area contributed by atoms with Crippen molar-refractivity contribution >= 4 is 0 Å². The number of benzene rings is 1. The van der Waals surface area contributed by atoms with Gasteiger partial charge in [-0.1, -0.05) is 36.8 Å². The molecule has 0 radical (unpaired) electrons. The van der Waals surface area contributed by atoms with Crippen LogP contribution in [-0.2, 0) is 19.5 Å². The molecule has 1 N–H and O–H groups in total. The van der Waals surface area contributed by atoms with E-state index in [0.717, 1.165) is 31.5 Å². The lowest BCUT2D eigenvalue weighted by molar-refractivity contribution is 0.216. The molecule has 26 heavy (non-hydrogen) atoms. The second-order valence-corrected chi connectivity index (χ2v) is 6.94. The number of hydrogen-bond donors (Lipinski definition) is 1. The second kappa shape index (κ2) is 8.20. The standard InChI is InChI=1S/C21H25N3O2/c1-16-18(14-22)20(25)24(13-10-17-8-4-2-5-9-17)21(26)19(16)15-23-11-6-3-7-12-23/h2,4-5,8-9,26H,3,6-7,10-13,15H2,1H3. The Labute approximate surface area is 154 Å². The normalized spacial score (nSPS) is 14.9. The van der Waals surface area contributed by atoms with Crippen LogP contribution in [0.1, 0.15) is 41.5 Å². The third-order valence-electron chi connectivity index (χ3n) is 5.22. The van der Waals surface area contributed by atoms with E-state index >= 15 is 0 Å². The van der Waals surface area contributed by atoms with Gasteiger partial charge in [-0.15, -0.1) is 0 Å². The first-order valence-electron chi connectivity index (χ1n) is 9.23. The van der Waals surface area contributed by atoms with Gasteiger partial charge < -0.3 is 5.11 Å². The molecule has 0 spiro atoms. The summed E-state index contributed by atoms with van der Waals surface area (Å²) in [6.45, 7) is 4.68. The van der Waals surface area contributed by atoms with Gasteiger partial charge in [0.2, 0.25) is 0 Å². The van der Waals surface area contributed by atoms with E-state index < -0.39 is 5.56 Å². The summed E-state index contributed by atoms with van der Waals surface area (Å²) in [4.78, 5) is 15.0. The number of aromatic nitrogens is 1. The quantitative estimate of drug-likeness (QED) is 0.899. The maximum absolute atomic E-state index is 12.7. The molecule has 5 heteroatoms. The first-order valence-corrected chi connectivity index (χ1v) is 9.23. The Morgan fingerprint density at radius 2 is 1.85 bits per heavy atom. The van der Waals surface area contributed by atoms with E-state index in [1.54, 1.807) is 6.92 Å². The van der Waals surface area contributed by atoms with E-state index in [2.05, 4.69) is 4.90 Å². The molecule has 0 saturated carbocycles. The molecule has 1 saturated heterocycles. The predicted octanol–water partition coefficient (Wildman–Crippen LogP) is 2.96. The monoisotopic (exact) mass is 351 g/mol. The lowest BCUT2D eigenvalue weighted by Crippen LogP contribution is -2.32. The fraction of sp³-hybridized carbons (Fsp3) is 0.429. The number of likely N-dealkylation sites (tertiary alicyclic amines) is 1. The highest BCUT2D eigenvalue weighted by molar-refractivity contribution is 5.45. The number of piperidine rings is 1. The van der Waals surface area contributed by atoms with Gasteiger partial charge in [0.05, 0.1) is 0 Å². The third kappa shape index (κ3) is 3.81. The van der Waals surface area contributed by atoms with E-state index in [1.165, 1.54) is 11.0 Å². The third-order valence-corrected chi connectivity index (χ3v) is 5.22. The zero-order valence-corrected chi connectivity index (χ0v) is 15.2. The van der Waals surface area contributed by atoms with E-state index in [0.29, 0.717) is 30.6 Å². The molecule has 0 aliphatic carbocycles. The van der Waals surface area contributed by atoms with Crippen molar-refractivity contribution in [1.29, 1.82) is 5.26 Å². The van der Waals surface area contributed by atoms with Crippen molar-refractivity contribution in [2.75, 3.05) is 13.1 Å². The fourth-order valence-corrected chi connectivity index (χ4v) is 3.63. The molecule has 0 unspecified atom stereocenters. The number of nitriles is 1. The van der Waals surface area contributed by atoms with E-state index in [4.69, 9.17) is 0 Å². The molecule has 0 atom stereocenters. The molecule has 1 aromatic carbocycles. The number of nitrogens with zero attached hydrogens (tertiary/aromatic N) is 3. The maximum Gasteiger partial charge on any atom is 0.271 e. The van der Waals surface area contributed by atoms with Crippen molar-refractivity contribution < 1.29 is 5.11 Å². The lowest BCUT2D eigenvalue weighted by atomic mass is 10.0. The Bertz CT molecular complexity index is 860. The molecule has 1 fully saturated rings. The van der Waals surface area contributed by atoms with Gasteiger partial charge in [-0.25, -0.2) is 0 Å². The Balaban J connectivity index is 1.93. The van der Waals surface area contributed by atoms with Gasteiger partial charge in [-0.05, 0) is 50.4 Å². The van der Waals surface area contributed by atoms with Gasteiger partial charge in [0.1, 0.15) is 11.6 Å². The van der Waals surface area contributed by atoms with Gasteiger partial charge in [-0.2, -0.15) is 5.26 Å². The zero-order chi connectivity index (χ0) is 18.5. The molecule has 1 aromatic heterocycles. The first-order chi connectivity index (χ1) is 12.6. The molecule has 1 aliphatic heterocycles. The van der Waals surface area contributed by atoms with Crippen LogP contribution in [0.25, 0.3) is 0 Å². The minimum absolute atomic E-state index is 0.00741. The summed E-state index contributed by atoms with van der Waals surface area (Å²) in [5, 5.41) is 20.3. The van der Waals surface area contributed by atoms with Crippen LogP contribution in [0.2, 0.25) is 0 Å². The van der Waals surface area contributed by atoms with Crippen LogP contribution in [0.3, 0.4) is 0 Å². The molecule has 2 heterocycles. The summed E-state index contributed by atoms with van der Waals surface area (Å²) >= 11 is 0. The number of pyridine rings is 1. The topological polar surface area (TPSA) is 69.3 Å². The highest BCUT2D eigenvalue weighted by Crippen LogP contribution is 2.25. The highest BCUT2D eigenvalue weighted by Gasteiger charge is 2.21. The van der Waals surface area contributed by atoms with Gasteiger partial charge in [0.25, 0.3) is 5.56 Å². The Morgan fingerprint density at radius 3 is 2.50 bits per heavy atom. The summed E-state index contributed by atoms with van der Waals surface area (Å²) < 4.78 is 1.36. The predicted molar refractivity (Wildman–Crippen MR) is 101 cm³/mol. The summed E-state index contributed by atoms with van der Waals surface area (Å²) in [5.41, 5.74) is 2.15. The number of hydrogen-bond acceptors (Lipinski definition) is 4. The Morgan fingerprint density at radius 1 is 1.15 bits per heavy atom. The number of aryl methyl sites for hydroxylation is 1. The van der Waals surface area contributed by atoms with Crippen molar-refractivity contribution in [2.45, 2.75) is 45.7 Å². The second-order valence-electron chi connectivity index (χ2n) is 6.94. The minimum Gasteiger partial charge on any atom is -0.494 e. The molecule has 0 amide bonds. The summed E-state index contributed by atoms with van der Waals surface area (Å²) in [5.74, 6) is 0.00741. The average molecular weight is 351 g/mol. The molecule has 136 valence electrons. The largest absolute Gasteiger partial charge is 0.494 e. The van der Waals surface area contributed by atoms with Crippen molar-refractivity contribution in [3.05, 3.63) is 62.9 Å². The zero-order valence-electron chi connectivity index (χ0n) is 15.2. The lowest BCUT2D eigenvalue weighted by Gasteiger charge is -2.28. The summed E-state index contributed by atoms with van der Waals surface area (Å²) in [7, 11) is 0. The van der Waals surface area contributed by atoms with Crippen molar-refractivity contribution in [1.82, 2.24) is 9.47 Å². The smallest absolute Gasteiger partial charge is 0.271 e. The first kappa shape index (κ1) is 18.2. The maximum atomic E-state index is 12.7. The summed E-state index contributed by atoms with van der Waals surface area (Å²) in [6.07, 6.45) is 4.17. The molecule has 5 nitrogen and oxygen atoms in total. The number of aromatic hydroxyl groups is 1. The fourth-order valence-electron chi connectivity index (χ4n) is 3.63. The highest BCUT2D eigenvalue weighted by atomic mass is 16.3. The van der Waals surface area contributed by atoms with Crippen molar-refractivity contribution in [2.24, 2.45) is 0 Å². The van der Waals surface area contributed by atoms with Crippen LogP contribution in [-0.4, -0.2) is 27.7 Å². The van der Waals surface area contributed by atoms with E-state index in [-0.39, 0.29) is 11.4 Å². The minimum atomic E-state index is -0.402. The summed E-state index contributed by atoms with van der Waals surface area (Å²) in [6, 6.07) is 11.9. The van der Waals surface area contributed by atoms with Crippen LogP contribution in [0, 0.1) is 18.3 Å². The van der Waals surface area contributed by atoms with Crippen molar-refractivity contribution in [3.63, 3.8) is 0 Å². The molecule has 3 rings (SSSR count). The SMILES string of the molecule is Cc1c(CN2CCCCC2)c(O)n(CCc2ccccc2)c(=O)c1C#N. The van der Waals surface area contributed by atoms with Gasteiger partial charge in [-0.3, -0.25) is 14.3 Å². The number of rotatable bonds is 5. The Kier molecular flexibility index (Phi) is 5.75. The van der Waals surface area contributed by atoms with E-state index in [1.807, 2.05) is 36.4 Å². The molecule has 0 bridgehead atoms. The van der Waals surface area contributed by atoms with Crippen molar-refractivity contribution in [3.8, 4) is 11.9 Å². The van der Waals surface area contributed by atoms with Crippen LogP contribution >= 0.6 is 0 Å². The molecule has 2 aromatic rings. The Hall–Kier alpha value is -2.58. The van der Waals surface area contributed by atoms with Gasteiger partial charge in [0, 0.05) is 18.7 Å². The van der Waals surface area contributed by atoms with Crippen LogP contribution in [0.5, 0.6) is 5.88 Å². The van der Waals surface area contributed by atoms with Gasteiger partial charge >= 0.3 is 0 Å².